The van der Waals surface area contributed by atoms with Gasteiger partial charge in [-0.05, 0) is 18.2 Å². The Morgan fingerprint density at radius 3 is 2.89 bits per heavy atom. The average Bonchev–Trinajstić information content (AvgIpc) is 2.82. The van der Waals surface area contributed by atoms with Crippen LogP contribution in [-0.4, -0.2) is 10.2 Å². The Morgan fingerprint density at radius 1 is 1.17 bits per heavy atom. The predicted molar refractivity (Wildman–Crippen MR) is 76.2 cm³/mol. The summed E-state index contributed by atoms with van der Waals surface area (Å²) in [7, 11) is 0. The van der Waals surface area contributed by atoms with Crippen molar-refractivity contribution < 1.29 is 0 Å². The maximum atomic E-state index is 5.91. The second-order valence-corrected chi connectivity index (χ2v) is 5.63. The predicted octanol–water partition coefficient (Wildman–Crippen LogP) is 3.96. The molecule has 3 aromatic rings. The van der Waals surface area contributed by atoms with Gasteiger partial charge in [-0.25, -0.2) is 0 Å². The molecule has 0 aliphatic heterocycles. The van der Waals surface area contributed by atoms with Crippen molar-refractivity contribution in [2.45, 2.75) is 6.54 Å². The molecule has 18 heavy (non-hydrogen) atoms. The Hall–Kier alpha value is -1.65. The summed E-state index contributed by atoms with van der Waals surface area (Å²) in [5.41, 5.74) is 1.89. The highest BCUT2D eigenvalue weighted by molar-refractivity contribution is 7.16. The molecule has 0 spiro atoms. The molecule has 3 nitrogen and oxygen atoms in total. The van der Waals surface area contributed by atoms with Crippen molar-refractivity contribution in [2.24, 2.45) is 0 Å². The normalized spacial score (nSPS) is 10.7. The summed E-state index contributed by atoms with van der Waals surface area (Å²) in [4.78, 5) is 1.20. The van der Waals surface area contributed by atoms with Crippen molar-refractivity contribution in [3.8, 4) is 0 Å². The molecule has 0 saturated heterocycles. The van der Waals surface area contributed by atoms with Crippen LogP contribution in [0.2, 0.25) is 4.34 Å². The number of anilines is 1. The molecule has 0 aliphatic carbocycles. The number of fused-ring (bicyclic) bond motifs is 1. The topological polar surface area (TPSA) is 37.8 Å². The summed E-state index contributed by atoms with van der Waals surface area (Å²) in [6, 6.07) is 11.9. The number of hydrogen-bond donors (Lipinski definition) is 1. The lowest BCUT2D eigenvalue weighted by atomic mass is 10.2. The average molecular weight is 276 g/mol. The molecule has 5 heteroatoms. The molecule has 0 fully saturated rings. The van der Waals surface area contributed by atoms with Gasteiger partial charge in [0.1, 0.15) is 0 Å². The maximum absolute atomic E-state index is 5.91. The first kappa shape index (κ1) is 11.4. The van der Waals surface area contributed by atoms with E-state index in [9.17, 15) is 0 Å². The molecular formula is C13H10ClN3S. The van der Waals surface area contributed by atoms with Gasteiger partial charge in [0.15, 0.2) is 0 Å². The van der Waals surface area contributed by atoms with E-state index in [-0.39, 0.29) is 0 Å². The van der Waals surface area contributed by atoms with E-state index >= 15 is 0 Å². The zero-order chi connectivity index (χ0) is 12.4. The third-order valence-electron chi connectivity index (χ3n) is 2.63. The zero-order valence-electron chi connectivity index (χ0n) is 9.43. The number of hydrogen-bond acceptors (Lipinski definition) is 4. The van der Waals surface area contributed by atoms with Crippen molar-refractivity contribution in [3.63, 3.8) is 0 Å². The van der Waals surface area contributed by atoms with Crippen LogP contribution in [0.25, 0.3) is 10.9 Å². The summed E-state index contributed by atoms with van der Waals surface area (Å²) in [6.07, 6.45) is 1.75. The van der Waals surface area contributed by atoms with E-state index in [1.165, 1.54) is 4.88 Å². The van der Waals surface area contributed by atoms with Gasteiger partial charge in [0.25, 0.3) is 0 Å². The Kier molecular flexibility index (Phi) is 3.13. The van der Waals surface area contributed by atoms with Crippen LogP contribution in [-0.2, 0) is 6.54 Å². The fraction of sp³-hybridized carbons (Fsp3) is 0.0769. The SMILES string of the molecule is Clc1ccc(CNc2cnnc3ccccc23)s1. The van der Waals surface area contributed by atoms with Crippen LogP contribution < -0.4 is 5.32 Å². The van der Waals surface area contributed by atoms with Crippen LogP contribution in [0, 0.1) is 0 Å². The minimum atomic E-state index is 0.743. The highest BCUT2D eigenvalue weighted by Gasteiger charge is 2.03. The van der Waals surface area contributed by atoms with Crippen LogP contribution in [0.1, 0.15) is 4.88 Å². The summed E-state index contributed by atoms with van der Waals surface area (Å²) < 4.78 is 0.810. The Morgan fingerprint density at radius 2 is 2.06 bits per heavy atom. The lowest BCUT2D eigenvalue weighted by molar-refractivity contribution is 1.06. The smallest absolute Gasteiger partial charge is 0.0950 e. The van der Waals surface area contributed by atoms with Gasteiger partial charge in [0.05, 0.1) is 21.7 Å². The van der Waals surface area contributed by atoms with Crippen molar-refractivity contribution in [1.29, 1.82) is 0 Å². The van der Waals surface area contributed by atoms with Gasteiger partial charge in [-0.2, -0.15) is 10.2 Å². The number of nitrogens with one attached hydrogen (secondary N) is 1. The Balaban J connectivity index is 1.86. The van der Waals surface area contributed by atoms with Gasteiger partial charge < -0.3 is 5.32 Å². The van der Waals surface area contributed by atoms with E-state index in [0.29, 0.717) is 0 Å². The first-order valence-electron chi connectivity index (χ1n) is 5.51. The zero-order valence-corrected chi connectivity index (χ0v) is 11.0. The van der Waals surface area contributed by atoms with Gasteiger partial charge >= 0.3 is 0 Å². The summed E-state index contributed by atoms with van der Waals surface area (Å²) in [6.45, 7) is 0.743. The lowest BCUT2D eigenvalue weighted by Gasteiger charge is -2.07. The van der Waals surface area contributed by atoms with Crippen LogP contribution in [0.15, 0.2) is 42.6 Å². The fourth-order valence-corrected chi connectivity index (χ4v) is 2.80. The Labute approximate surface area is 113 Å². The highest BCUT2D eigenvalue weighted by atomic mass is 35.5. The summed E-state index contributed by atoms with van der Waals surface area (Å²) in [5, 5.41) is 12.5. The third-order valence-corrected chi connectivity index (χ3v) is 3.86. The van der Waals surface area contributed by atoms with Gasteiger partial charge in [-0.1, -0.05) is 29.8 Å². The lowest BCUT2D eigenvalue weighted by Crippen LogP contribution is -1.99. The maximum Gasteiger partial charge on any atom is 0.0950 e. The van der Waals surface area contributed by atoms with E-state index < -0.39 is 0 Å². The second kappa shape index (κ2) is 4.92. The van der Waals surface area contributed by atoms with Crippen LogP contribution in [0.3, 0.4) is 0 Å². The largest absolute Gasteiger partial charge is 0.378 e. The molecule has 0 radical (unpaired) electrons. The van der Waals surface area contributed by atoms with E-state index in [1.807, 2.05) is 36.4 Å². The third kappa shape index (κ3) is 2.30. The van der Waals surface area contributed by atoms with Gasteiger partial charge in [-0.3, -0.25) is 0 Å². The molecule has 0 atom stereocenters. The minimum absolute atomic E-state index is 0.743. The molecule has 0 aliphatic rings. The molecule has 2 heterocycles. The van der Waals surface area contributed by atoms with Crippen molar-refractivity contribution in [3.05, 3.63) is 51.8 Å². The second-order valence-electron chi connectivity index (χ2n) is 3.83. The quantitative estimate of drug-likeness (QED) is 0.786. The van der Waals surface area contributed by atoms with Crippen molar-refractivity contribution in [1.82, 2.24) is 10.2 Å². The van der Waals surface area contributed by atoms with E-state index in [0.717, 1.165) is 27.5 Å². The standard InChI is InChI=1S/C13H10ClN3S/c14-13-6-5-9(18-13)7-15-12-8-16-17-11-4-2-1-3-10(11)12/h1-6,8H,7H2,(H,15,17). The summed E-state index contributed by atoms with van der Waals surface area (Å²) in [5.74, 6) is 0. The van der Waals surface area contributed by atoms with E-state index in [1.54, 1.807) is 17.5 Å². The molecule has 90 valence electrons. The number of nitrogens with zero attached hydrogens (tertiary/aromatic N) is 2. The number of thiophene rings is 1. The van der Waals surface area contributed by atoms with Crippen LogP contribution in [0.4, 0.5) is 5.69 Å². The van der Waals surface area contributed by atoms with E-state index in [4.69, 9.17) is 11.6 Å². The van der Waals surface area contributed by atoms with Gasteiger partial charge in [-0.15, -0.1) is 11.3 Å². The van der Waals surface area contributed by atoms with Crippen molar-refractivity contribution in [2.75, 3.05) is 5.32 Å². The van der Waals surface area contributed by atoms with Crippen LogP contribution in [0.5, 0.6) is 0 Å². The molecule has 0 unspecified atom stereocenters. The van der Waals surface area contributed by atoms with E-state index in [2.05, 4.69) is 15.5 Å². The summed E-state index contributed by atoms with van der Waals surface area (Å²) >= 11 is 7.48. The molecule has 0 bridgehead atoms. The molecule has 1 aromatic carbocycles. The Bertz CT molecular complexity index is 675. The minimum Gasteiger partial charge on any atom is -0.378 e. The number of rotatable bonds is 3. The molecular weight excluding hydrogens is 266 g/mol. The fourth-order valence-electron chi connectivity index (χ4n) is 1.78. The molecule has 0 amide bonds. The first-order chi connectivity index (χ1) is 8.83. The van der Waals surface area contributed by atoms with Crippen LogP contribution >= 0.6 is 22.9 Å². The van der Waals surface area contributed by atoms with Gasteiger partial charge in [0, 0.05) is 16.8 Å². The molecule has 1 N–H and O–H groups in total. The number of benzene rings is 1. The number of aromatic nitrogens is 2. The van der Waals surface area contributed by atoms with Gasteiger partial charge in [0.2, 0.25) is 0 Å². The highest BCUT2D eigenvalue weighted by Crippen LogP contribution is 2.24. The first-order valence-corrected chi connectivity index (χ1v) is 6.71. The van der Waals surface area contributed by atoms with Crippen molar-refractivity contribution >= 4 is 39.5 Å². The molecule has 2 aromatic heterocycles. The number of halogens is 1. The monoisotopic (exact) mass is 275 g/mol. The molecule has 3 rings (SSSR count). The molecule has 0 saturated carbocycles.